The zero-order valence-electron chi connectivity index (χ0n) is 8.13. The zero-order valence-corrected chi connectivity index (χ0v) is 7.75. The number of carboxylic acids is 2. The summed E-state index contributed by atoms with van der Waals surface area (Å²) in [7, 11) is 0. The van der Waals surface area contributed by atoms with Gasteiger partial charge in [-0.1, -0.05) is 0 Å². The fourth-order valence-corrected chi connectivity index (χ4v) is 0. The van der Waals surface area contributed by atoms with E-state index in [9.17, 15) is 0 Å². The van der Waals surface area contributed by atoms with E-state index < -0.39 is 11.9 Å². The average Bonchev–Trinajstić information content (AvgIpc) is 1.36. The Labute approximate surface area is 97.3 Å². The van der Waals surface area contributed by atoms with E-state index in [2.05, 4.69) is 0 Å². The Balaban J connectivity index is -0.00000000833. The third kappa shape index (κ3) is 10.1. The van der Waals surface area contributed by atoms with Gasteiger partial charge in [-0.05, 0) is 0 Å². The summed E-state index contributed by atoms with van der Waals surface area (Å²) in [5.74, 6) is -3.65. The molecule has 0 heterocycles. The van der Waals surface area contributed by atoms with Crippen LogP contribution in [-0.2, 0) is 9.59 Å². The summed E-state index contributed by atoms with van der Waals surface area (Å²) in [4.78, 5) is 18.2. The van der Waals surface area contributed by atoms with Crippen molar-refractivity contribution < 1.29 is 25.5 Å². The van der Waals surface area contributed by atoms with Gasteiger partial charge in [0.05, 0.1) is 0 Å². The fourth-order valence-electron chi connectivity index (χ4n) is 0. The van der Waals surface area contributed by atoms with E-state index in [1.54, 1.807) is 0 Å². The first kappa shape index (κ1) is 16.0. The molecule has 0 bridgehead atoms. The predicted molar refractivity (Wildman–Crippen MR) is 31.2 cm³/mol. The molecule has 0 rings (SSSR count). The largest absolute Gasteiger partial charge is 2.00 e. The molecule has 4 nitrogen and oxygen atoms in total. The Hall–Kier alpha value is 0.966. The second-order valence-electron chi connectivity index (χ2n) is 0.610. The summed E-state index contributed by atoms with van der Waals surface area (Å²) in [5.41, 5.74) is 0. The van der Waals surface area contributed by atoms with E-state index in [1.807, 2.05) is 0 Å². The number of hydrogen-bond donors (Lipinski definition) is 2. The molecule has 0 spiro atoms. The smallest absolute Gasteiger partial charge is 1.00 e. The molecule has 6 heteroatoms. The summed E-state index contributed by atoms with van der Waals surface area (Å²) in [6.07, 6.45) is 0. The van der Waals surface area contributed by atoms with Crippen LogP contribution >= 0.6 is 0 Å². The second kappa shape index (κ2) is 7.97. The molecule has 0 aliphatic heterocycles. The zero-order chi connectivity index (χ0) is 5.15. The Morgan fingerprint density at radius 2 is 1.25 bits per heavy atom. The van der Waals surface area contributed by atoms with E-state index in [0.717, 1.165) is 0 Å². The fraction of sp³-hybridized carbons (Fsp3) is 0. The van der Waals surface area contributed by atoms with E-state index in [0.29, 0.717) is 0 Å². The molecule has 2 N–H and O–H groups in total. The number of carbonyl (C=O) groups is 2. The Bertz CT molecular complexity index is 91.1. The standard InChI is InChI=1S/C2H2O4.Ca.Mg.4H/c3-1(4)2(5)6;;;;;;/h(H,3,4)(H,5,6);;;;;;/q;2*+2;4*-1. The van der Waals surface area contributed by atoms with Crippen LogP contribution in [0, 0.1) is 0 Å². The van der Waals surface area contributed by atoms with Gasteiger partial charge < -0.3 is 15.9 Å². The van der Waals surface area contributed by atoms with Gasteiger partial charge in [0.1, 0.15) is 0 Å². The maximum absolute atomic E-state index is 9.10. The van der Waals surface area contributed by atoms with Crippen LogP contribution in [0.3, 0.4) is 0 Å². The molecule has 0 radical (unpaired) electrons. The van der Waals surface area contributed by atoms with Crippen LogP contribution in [0.1, 0.15) is 5.71 Å². The molecule has 0 amide bonds. The summed E-state index contributed by atoms with van der Waals surface area (Å²) in [6, 6.07) is 0. The first-order valence-electron chi connectivity index (χ1n) is 1.11. The maximum Gasteiger partial charge on any atom is 2.00 e. The minimum absolute atomic E-state index is 0. The van der Waals surface area contributed by atoms with Crippen molar-refractivity contribution >= 4 is 72.7 Å². The maximum atomic E-state index is 9.10. The summed E-state index contributed by atoms with van der Waals surface area (Å²) >= 11 is 0. The van der Waals surface area contributed by atoms with Crippen LogP contribution in [0.25, 0.3) is 0 Å². The predicted octanol–water partition coefficient (Wildman–Crippen LogP) is -1.16. The number of hydrogen-bond acceptors (Lipinski definition) is 2. The van der Waals surface area contributed by atoms with Gasteiger partial charge in [0, 0.05) is 0 Å². The quantitative estimate of drug-likeness (QED) is 0.345. The van der Waals surface area contributed by atoms with Crippen LogP contribution in [0.5, 0.6) is 0 Å². The first-order chi connectivity index (χ1) is 2.64. The molecule has 42 valence electrons. The van der Waals surface area contributed by atoms with Crippen molar-refractivity contribution in [3.63, 3.8) is 0 Å². The van der Waals surface area contributed by atoms with Crippen molar-refractivity contribution in [3.8, 4) is 0 Å². The molecule has 0 fully saturated rings. The summed E-state index contributed by atoms with van der Waals surface area (Å²) < 4.78 is 0. The van der Waals surface area contributed by atoms with E-state index in [4.69, 9.17) is 19.8 Å². The monoisotopic (exact) mass is 158 g/mol. The van der Waals surface area contributed by atoms with Crippen LogP contribution in [-0.4, -0.2) is 82.9 Å². The molecule has 0 atom stereocenters. The molecule has 0 saturated carbocycles. The van der Waals surface area contributed by atoms with Gasteiger partial charge in [0.25, 0.3) is 0 Å². The van der Waals surface area contributed by atoms with Gasteiger partial charge in [-0.25, -0.2) is 9.59 Å². The van der Waals surface area contributed by atoms with Crippen LogP contribution in [0.15, 0.2) is 0 Å². The topological polar surface area (TPSA) is 74.6 Å². The summed E-state index contributed by atoms with van der Waals surface area (Å²) in [6.45, 7) is 0. The Morgan fingerprint density at radius 1 is 1.12 bits per heavy atom. The minimum atomic E-state index is -1.82. The van der Waals surface area contributed by atoms with Crippen molar-refractivity contribution in [1.29, 1.82) is 0 Å². The van der Waals surface area contributed by atoms with Crippen LogP contribution in [0.4, 0.5) is 0 Å². The van der Waals surface area contributed by atoms with Gasteiger partial charge in [-0.3, -0.25) is 0 Å². The number of carboxylic acid groups (broad SMARTS) is 2. The molecule has 0 aliphatic rings. The molecule has 0 aliphatic carbocycles. The number of rotatable bonds is 0. The van der Waals surface area contributed by atoms with Gasteiger partial charge in [0.2, 0.25) is 0 Å². The van der Waals surface area contributed by atoms with Crippen LogP contribution in [0.2, 0.25) is 0 Å². The molecule has 0 aromatic carbocycles. The van der Waals surface area contributed by atoms with Crippen molar-refractivity contribution in [2.24, 2.45) is 0 Å². The molecule has 0 aromatic rings. The number of aliphatic carboxylic acids is 2. The van der Waals surface area contributed by atoms with Crippen molar-refractivity contribution in [3.05, 3.63) is 0 Å². The normalized spacial score (nSPS) is 5.50. The third-order valence-electron chi connectivity index (χ3n) is 0.183. The molecular weight excluding hydrogens is 152 g/mol. The van der Waals surface area contributed by atoms with Gasteiger partial charge in [-0.2, -0.15) is 0 Å². The molecule has 8 heavy (non-hydrogen) atoms. The van der Waals surface area contributed by atoms with Gasteiger partial charge in [-0.15, -0.1) is 0 Å². The van der Waals surface area contributed by atoms with Crippen LogP contribution < -0.4 is 0 Å². The summed E-state index contributed by atoms with van der Waals surface area (Å²) in [5, 5.41) is 14.8. The second-order valence-corrected chi connectivity index (χ2v) is 0.610. The molecule has 0 saturated heterocycles. The Kier molecular flexibility index (Phi) is 15.9. The van der Waals surface area contributed by atoms with E-state index >= 15 is 0 Å². The van der Waals surface area contributed by atoms with Crippen molar-refractivity contribution in [1.82, 2.24) is 0 Å². The van der Waals surface area contributed by atoms with Gasteiger partial charge >= 0.3 is 72.7 Å². The molecule has 0 aromatic heterocycles. The first-order valence-corrected chi connectivity index (χ1v) is 1.11. The molecule has 0 unspecified atom stereocenters. The van der Waals surface area contributed by atoms with E-state index in [1.165, 1.54) is 0 Å². The minimum Gasteiger partial charge on any atom is -1.00 e. The van der Waals surface area contributed by atoms with Crippen molar-refractivity contribution in [2.45, 2.75) is 0 Å². The van der Waals surface area contributed by atoms with Gasteiger partial charge in [0.15, 0.2) is 0 Å². The third-order valence-corrected chi connectivity index (χ3v) is 0.183. The average molecular weight is 158 g/mol. The van der Waals surface area contributed by atoms with Crippen molar-refractivity contribution in [2.75, 3.05) is 0 Å². The van der Waals surface area contributed by atoms with E-state index in [-0.39, 0.29) is 66.5 Å². The Morgan fingerprint density at radius 3 is 1.25 bits per heavy atom. The SMILES string of the molecule is O=C(O)C(=O)O.[Ca+2].[H-].[H-].[H-].[H-].[Mg+2]. The molecular formula is C2H6CaMgO4.